The number of nitrogens with one attached hydrogen (secondary N) is 1. The van der Waals surface area contributed by atoms with E-state index in [4.69, 9.17) is 4.74 Å². The van der Waals surface area contributed by atoms with Gasteiger partial charge in [0.1, 0.15) is 0 Å². The maximum absolute atomic E-state index is 5.29. The number of benzene rings is 2. The van der Waals surface area contributed by atoms with E-state index in [0.717, 1.165) is 13.2 Å². The number of hydrogen-bond donors (Lipinski definition) is 1. The van der Waals surface area contributed by atoms with Gasteiger partial charge in [-0.1, -0.05) is 54.1 Å². The summed E-state index contributed by atoms with van der Waals surface area (Å²) in [6.07, 6.45) is 0. The van der Waals surface area contributed by atoms with Crippen molar-refractivity contribution in [3.8, 4) is 0 Å². The van der Waals surface area contributed by atoms with Crippen LogP contribution in [-0.4, -0.2) is 19.3 Å². The lowest BCUT2D eigenvalue weighted by Gasteiger charge is -2.32. The number of aryl methyl sites for hydroxylation is 2. The summed E-state index contributed by atoms with van der Waals surface area (Å²) in [7, 11) is 0. The molecule has 104 valence electrons. The van der Waals surface area contributed by atoms with Gasteiger partial charge in [0.05, 0.1) is 25.3 Å². The summed E-state index contributed by atoms with van der Waals surface area (Å²) in [6, 6.07) is 18.0. The third-order valence-electron chi connectivity index (χ3n) is 3.91. The highest BCUT2D eigenvalue weighted by Crippen LogP contribution is 2.27. The van der Waals surface area contributed by atoms with Crippen LogP contribution in [0.2, 0.25) is 0 Å². The molecule has 1 aliphatic heterocycles. The lowest BCUT2D eigenvalue weighted by Crippen LogP contribution is -2.47. The van der Waals surface area contributed by atoms with Crippen molar-refractivity contribution in [2.45, 2.75) is 25.9 Å². The Labute approximate surface area is 120 Å². The summed E-state index contributed by atoms with van der Waals surface area (Å²) >= 11 is 0. The van der Waals surface area contributed by atoms with Gasteiger partial charge >= 0.3 is 0 Å². The first-order valence-corrected chi connectivity index (χ1v) is 7.20. The van der Waals surface area contributed by atoms with Gasteiger partial charge in [0.2, 0.25) is 0 Å². The molecule has 1 aliphatic rings. The van der Waals surface area contributed by atoms with Crippen molar-refractivity contribution in [2.24, 2.45) is 0 Å². The van der Waals surface area contributed by atoms with Crippen LogP contribution in [0.1, 0.15) is 28.3 Å². The van der Waals surface area contributed by atoms with Crippen LogP contribution in [0.4, 0.5) is 0 Å². The highest BCUT2D eigenvalue weighted by Gasteiger charge is 2.24. The average Bonchev–Trinajstić information content (AvgIpc) is 2.40. The zero-order valence-electron chi connectivity index (χ0n) is 12.1. The lowest BCUT2D eigenvalue weighted by atomic mass is 9.93. The Bertz CT molecular complexity index is 575. The molecule has 1 saturated heterocycles. The van der Waals surface area contributed by atoms with Crippen LogP contribution in [0.5, 0.6) is 0 Å². The molecule has 0 aromatic heterocycles. The largest absolute Gasteiger partial charge is 0.378 e. The van der Waals surface area contributed by atoms with Crippen LogP contribution in [0, 0.1) is 13.8 Å². The molecule has 0 bridgehead atoms. The van der Waals surface area contributed by atoms with Crippen LogP contribution in [-0.2, 0) is 4.74 Å². The molecule has 0 radical (unpaired) electrons. The third kappa shape index (κ3) is 2.77. The Balaban J connectivity index is 1.95. The first-order valence-electron chi connectivity index (χ1n) is 7.20. The topological polar surface area (TPSA) is 21.3 Å². The molecule has 0 spiro atoms. The summed E-state index contributed by atoms with van der Waals surface area (Å²) in [5.74, 6) is 0. The Kier molecular flexibility index (Phi) is 3.86. The molecule has 0 aliphatic carbocycles. The number of ether oxygens (including phenoxy) is 1. The van der Waals surface area contributed by atoms with Gasteiger partial charge in [-0.25, -0.2) is 0 Å². The van der Waals surface area contributed by atoms with E-state index in [-0.39, 0.29) is 6.04 Å². The number of hydrogen-bond acceptors (Lipinski definition) is 2. The van der Waals surface area contributed by atoms with Crippen molar-refractivity contribution < 1.29 is 4.74 Å². The smallest absolute Gasteiger partial charge is 0.0643 e. The van der Waals surface area contributed by atoms with Crippen LogP contribution in [0.25, 0.3) is 0 Å². The Morgan fingerprint density at radius 1 is 1.05 bits per heavy atom. The predicted molar refractivity (Wildman–Crippen MR) is 81.9 cm³/mol. The highest BCUT2D eigenvalue weighted by molar-refractivity contribution is 5.39. The quantitative estimate of drug-likeness (QED) is 0.917. The van der Waals surface area contributed by atoms with Gasteiger partial charge in [0, 0.05) is 0 Å². The monoisotopic (exact) mass is 267 g/mol. The fraction of sp³-hybridized carbons (Fsp3) is 0.333. The molecule has 1 heterocycles. The molecule has 2 nitrogen and oxygen atoms in total. The van der Waals surface area contributed by atoms with Crippen molar-refractivity contribution in [3.63, 3.8) is 0 Å². The molecular weight excluding hydrogens is 246 g/mol. The molecule has 0 saturated carbocycles. The summed E-state index contributed by atoms with van der Waals surface area (Å²) in [4.78, 5) is 0. The fourth-order valence-electron chi connectivity index (χ4n) is 2.73. The van der Waals surface area contributed by atoms with Crippen molar-refractivity contribution in [1.82, 2.24) is 5.32 Å². The minimum atomic E-state index is 0.241. The number of rotatable bonds is 4. The van der Waals surface area contributed by atoms with E-state index >= 15 is 0 Å². The zero-order valence-corrected chi connectivity index (χ0v) is 12.1. The van der Waals surface area contributed by atoms with Gasteiger partial charge in [-0.3, -0.25) is 5.32 Å². The summed E-state index contributed by atoms with van der Waals surface area (Å²) in [6.45, 7) is 5.96. The standard InChI is InChI=1S/C18H21NO/c1-13-8-9-17(14(2)10-13)18(19-16-11-20-12-16)15-6-4-3-5-7-15/h3-10,16,18-19H,11-12H2,1-2H3. The summed E-state index contributed by atoms with van der Waals surface area (Å²) < 4.78 is 5.29. The second-order valence-corrected chi connectivity index (χ2v) is 5.60. The van der Waals surface area contributed by atoms with Gasteiger partial charge in [-0.05, 0) is 30.5 Å². The van der Waals surface area contributed by atoms with E-state index < -0.39 is 0 Å². The van der Waals surface area contributed by atoms with E-state index in [1.54, 1.807) is 0 Å². The molecule has 1 fully saturated rings. The molecular formula is C18H21NO. The molecule has 3 rings (SSSR count). The lowest BCUT2D eigenvalue weighted by molar-refractivity contribution is -0.00829. The third-order valence-corrected chi connectivity index (χ3v) is 3.91. The second-order valence-electron chi connectivity index (χ2n) is 5.60. The summed E-state index contributed by atoms with van der Waals surface area (Å²) in [5.41, 5.74) is 5.32. The first-order chi connectivity index (χ1) is 9.74. The Morgan fingerprint density at radius 2 is 1.80 bits per heavy atom. The van der Waals surface area contributed by atoms with Gasteiger partial charge < -0.3 is 4.74 Å². The zero-order chi connectivity index (χ0) is 13.9. The first kappa shape index (κ1) is 13.3. The molecule has 1 N–H and O–H groups in total. The molecule has 2 aromatic rings. The predicted octanol–water partition coefficient (Wildman–Crippen LogP) is 3.38. The van der Waals surface area contributed by atoms with Crippen molar-refractivity contribution in [1.29, 1.82) is 0 Å². The van der Waals surface area contributed by atoms with E-state index in [1.165, 1.54) is 22.3 Å². The van der Waals surface area contributed by atoms with Crippen molar-refractivity contribution in [2.75, 3.05) is 13.2 Å². The maximum Gasteiger partial charge on any atom is 0.0643 e. The molecule has 20 heavy (non-hydrogen) atoms. The van der Waals surface area contributed by atoms with Crippen LogP contribution >= 0.6 is 0 Å². The van der Waals surface area contributed by atoms with Gasteiger partial charge in [-0.2, -0.15) is 0 Å². The average molecular weight is 267 g/mol. The molecule has 2 heteroatoms. The van der Waals surface area contributed by atoms with E-state index in [0.29, 0.717) is 6.04 Å². The van der Waals surface area contributed by atoms with Crippen molar-refractivity contribution in [3.05, 3.63) is 70.8 Å². The minimum Gasteiger partial charge on any atom is -0.378 e. The van der Waals surface area contributed by atoms with Crippen LogP contribution in [0.15, 0.2) is 48.5 Å². The molecule has 1 atom stereocenters. The Morgan fingerprint density at radius 3 is 2.40 bits per heavy atom. The molecule has 1 unspecified atom stereocenters. The second kappa shape index (κ2) is 5.78. The normalized spacial score (nSPS) is 16.7. The van der Waals surface area contributed by atoms with Gasteiger partial charge in [0.15, 0.2) is 0 Å². The minimum absolute atomic E-state index is 0.241. The highest BCUT2D eigenvalue weighted by atomic mass is 16.5. The van der Waals surface area contributed by atoms with Crippen LogP contribution in [0.3, 0.4) is 0 Å². The fourth-order valence-corrected chi connectivity index (χ4v) is 2.73. The SMILES string of the molecule is Cc1ccc(C(NC2COC2)c2ccccc2)c(C)c1. The Hall–Kier alpha value is -1.64. The molecule has 2 aromatic carbocycles. The molecule has 0 amide bonds. The van der Waals surface area contributed by atoms with Crippen molar-refractivity contribution >= 4 is 0 Å². The van der Waals surface area contributed by atoms with Gasteiger partial charge in [-0.15, -0.1) is 0 Å². The van der Waals surface area contributed by atoms with E-state index in [2.05, 4.69) is 67.7 Å². The van der Waals surface area contributed by atoms with E-state index in [9.17, 15) is 0 Å². The van der Waals surface area contributed by atoms with E-state index in [1.807, 2.05) is 0 Å². The van der Waals surface area contributed by atoms with Gasteiger partial charge in [0.25, 0.3) is 0 Å². The summed E-state index contributed by atoms with van der Waals surface area (Å²) in [5, 5.41) is 3.72. The van der Waals surface area contributed by atoms with Crippen LogP contribution < -0.4 is 5.32 Å². The maximum atomic E-state index is 5.29.